The zero-order valence-electron chi connectivity index (χ0n) is 52.8. The van der Waals surface area contributed by atoms with Gasteiger partial charge in [-0.05, 0) is 130 Å². The molecule has 2 unspecified atom stereocenters. The third kappa shape index (κ3) is 51.3. The minimum absolute atomic E-state index is 0.0493. The van der Waals surface area contributed by atoms with Crippen molar-refractivity contribution in [1.82, 2.24) is 9.80 Å². The summed E-state index contributed by atoms with van der Waals surface area (Å²) in [6.07, 6.45) is 25.1. The van der Waals surface area contributed by atoms with Crippen molar-refractivity contribution in [2.24, 2.45) is 11.8 Å². The summed E-state index contributed by atoms with van der Waals surface area (Å²) in [6.45, 7) is 9.63. The monoisotopic (exact) mass is 1170 g/mol. The highest BCUT2D eigenvalue weighted by molar-refractivity contribution is 5.73. The summed E-state index contributed by atoms with van der Waals surface area (Å²) in [5.41, 5.74) is 0. The van der Waals surface area contributed by atoms with Crippen LogP contribution in [0.4, 0.5) is 0 Å². The first kappa shape index (κ1) is 77.7. The third-order valence-corrected chi connectivity index (χ3v) is 14.1. The second-order valence-electron chi connectivity index (χ2n) is 22.9. The van der Waals surface area contributed by atoms with E-state index in [9.17, 15) is 38.4 Å². The molecule has 0 fully saturated rings. The van der Waals surface area contributed by atoms with Gasteiger partial charge in [0.2, 0.25) is 0 Å². The van der Waals surface area contributed by atoms with Gasteiger partial charge in [-0.2, -0.15) is 0 Å². The Morgan fingerprint density at radius 1 is 0.268 bits per heavy atom. The van der Waals surface area contributed by atoms with Crippen LogP contribution in [-0.4, -0.2) is 151 Å². The van der Waals surface area contributed by atoms with E-state index < -0.39 is 48.0 Å². The summed E-state index contributed by atoms with van der Waals surface area (Å²) in [5.74, 6) is -3.12. The van der Waals surface area contributed by atoms with Gasteiger partial charge >= 0.3 is 47.8 Å². The molecule has 0 amide bonds. The van der Waals surface area contributed by atoms with Crippen LogP contribution in [-0.2, 0) is 76.3 Å². The molecule has 0 spiro atoms. The lowest BCUT2D eigenvalue weighted by Gasteiger charge is -2.19. The first-order valence-corrected chi connectivity index (χ1v) is 32.1. The van der Waals surface area contributed by atoms with Gasteiger partial charge in [-0.15, -0.1) is 0 Å². The van der Waals surface area contributed by atoms with Gasteiger partial charge in [-0.25, -0.2) is 0 Å². The largest absolute Gasteiger partial charge is 0.465 e. The predicted molar refractivity (Wildman–Crippen MR) is 319 cm³/mol. The summed E-state index contributed by atoms with van der Waals surface area (Å²) in [5, 5.41) is 0. The molecule has 0 bridgehead atoms. The van der Waals surface area contributed by atoms with Crippen LogP contribution in [0.25, 0.3) is 0 Å². The van der Waals surface area contributed by atoms with E-state index in [1.807, 2.05) is 38.0 Å². The first-order chi connectivity index (χ1) is 39.5. The molecule has 0 radical (unpaired) electrons. The molecule has 0 saturated heterocycles. The fourth-order valence-electron chi connectivity index (χ4n) is 9.08. The van der Waals surface area contributed by atoms with Gasteiger partial charge in [0.15, 0.2) is 12.2 Å². The standard InChI is InChI=1S/C64H116N2O16/c1-9-13-17-21-33-53(34-22-18-14-10-2)47-75-57(67)37-25-27-39-59(69)77-49-55(81-63(73)43-31-45-65(5)6)51-79-61(71)41-29-30-42-62(72)80-52-56(82-64(74)44-32-46-66(7)8)50-78-60(70)40-28-26-38-58(68)76-48-54(35-23-19-15-11-3)36-24-20-16-12-4/h53-56H,9-52H2,1-8H3. The Kier molecular flexibility index (Phi) is 51.7. The average molecular weight is 1170 g/mol. The third-order valence-electron chi connectivity index (χ3n) is 14.1. The molecule has 18 nitrogen and oxygen atoms in total. The fourth-order valence-corrected chi connectivity index (χ4v) is 9.08. The van der Waals surface area contributed by atoms with Crippen molar-refractivity contribution in [2.45, 2.75) is 271 Å². The molecule has 0 heterocycles. The second-order valence-corrected chi connectivity index (χ2v) is 22.9. The molecule has 0 saturated carbocycles. The molecular formula is C64H116N2O16. The molecule has 0 aliphatic heterocycles. The first-order valence-electron chi connectivity index (χ1n) is 32.1. The maximum absolute atomic E-state index is 12.8. The van der Waals surface area contributed by atoms with Gasteiger partial charge in [0.25, 0.3) is 0 Å². The van der Waals surface area contributed by atoms with Crippen molar-refractivity contribution >= 4 is 47.8 Å². The number of carbonyl (C=O) groups is 8. The summed E-state index contributed by atoms with van der Waals surface area (Å²) < 4.78 is 44.1. The van der Waals surface area contributed by atoms with Crippen LogP contribution in [0.2, 0.25) is 0 Å². The topological polar surface area (TPSA) is 217 Å². The lowest BCUT2D eigenvalue weighted by molar-refractivity contribution is -0.167. The minimum Gasteiger partial charge on any atom is -0.465 e. The Morgan fingerprint density at radius 3 is 0.707 bits per heavy atom. The molecule has 82 heavy (non-hydrogen) atoms. The molecule has 2 atom stereocenters. The van der Waals surface area contributed by atoms with Crippen molar-refractivity contribution in [3.63, 3.8) is 0 Å². The molecule has 0 rings (SSSR count). The van der Waals surface area contributed by atoms with E-state index in [1.165, 1.54) is 77.0 Å². The Bertz CT molecular complexity index is 1520. The molecular weight excluding hydrogens is 1050 g/mol. The summed E-state index contributed by atoms with van der Waals surface area (Å²) in [6, 6.07) is 0. The number of rotatable bonds is 57. The van der Waals surface area contributed by atoms with Crippen molar-refractivity contribution in [3.8, 4) is 0 Å². The average Bonchev–Trinajstić information content (AvgIpc) is 3.44. The van der Waals surface area contributed by atoms with Crippen LogP contribution in [0.5, 0.6) is 0 Å². The van der Waals surface area contributed by atoms with Crippen LogP contribution in [0.1, 0.15) is 259 Å². The zero-order chi connectivity index (χ0) is 60.9. The van der Waals surface area contributed by atoms with E-state index in [1.54, 1.807) is 0 Å². The molecule has 0 aliphatic carbocycles. The molecule has 0 aromatic carbocycles. The number of carbonyl (C=O) groups excluding carboxylic acids is 8. The SMILES string of the molecule is CCCCCCC(CCCCCC)COC(=O)CCCCC(=O)OCC(COC(=O)CCCCC(=O)OCC(COC(=O)CCCCC(=O)OCC(CCCCCC)CCCCCC)OC(=O)CCCN(C)C)OC(=O)CCCN(C)C. The highest BCUT2D eigenvalue weighted by Crippen LogP contribution is 2.21. The van der Waals surface area contributed by atoms with Gasteiger partial charge in [0.1, 0.15) is 26.4 Å². The van der Waals surface area contributed by atoms with E-state index in [2.05, 4.69) is 27.7 Å². The second kappa shape index (κ2) is 54.6. The van der Waals surface area contributed by atoms with Crippen LogP contribution in [0.15, 0.2) is 0 Å². The number of ether oxygens (including phenoxy) is 8. The van der Waals surface area contributed by atoms with Crippen molar-refractivity contribution in [1.29, 1.82) is 0 Å². The van der Waals surface area contributed by atoms with E-state index in [-0.39, 0.29) is 103 Å². The highest BCUT2D eigenvalue weighted by Gasteiger charge is 2.23. The van der Waals surface area contributed by atoms with Crippen LogP contribution >= 0.6 is 0 Å². The Hall–Kier alpha value is -4.32. The van der Waals surface area contributed by atoms with Gasteiger partial charge in [0.05, 0.1) is 13.2 Å². The minimum atomic E-state index is -1.04. The van der Waals surface area contributed by atoms with Gasteiger partial charge in [-0.3, -0.25) is 38.4 Å². The Balaban J connectivity index is 5.02. The smallest absolute Gasteiger partial charge is 0.306 e. The molecule has 18 heteroatoms. The van der Waals surface area contributed by atoms with Gasteiger partial charge < -0.3 is 47.7 Å². The Morgan fingerprint density at radius 2 is 0.488 bits per heavy atom. The molecule has 478 valence electrons. The number of unbranched alkanes of at least 4 members (excludes halogenated alkanes) is 15. The maximum Gasteiger partial charge on any atom is 0.306 e. The molecule has 0 aromatic rings. The number of hydrogen-bond acceptors (Lipinski definition) is 18. The molecule has 0 aromatic heterocycles. The highest BCUT2D eigenvalue weighted by atomic mass is 16.6. The number of esters is 8. The van der Waals surface area contributed by atoms with Crippen molar-refractivity contribution < 1.29 is 76.3 Å². The predicted octanol–water partition coefficient (Wildman–Crippen LogP) is 12.5. The summed E-state index contributed by atoms with van der Waals surface area (Å²) in [4.78, 5) is 105. The quantitative estimate of drug-likeness (QED) is 0.0314. The lowest BCUT2D eigenvalue weighted by atomic mass is 9.95. The van der Waals surface area contributed by atoms with Gasteiger partial charge in [-0.1, -0.05) is 130 Å². The van der Waals surface area contributed by atoms with E-state index >= 15 is 0 Å². The van der Waals surface area contributed by atoms with E-state index in [0.29, 0.717) is 76.7 Å². The van der Waals surface area contributed by atoms with Crippen molar-refractivity contribution in [3.05, 3.63) is 0 Å². The number of hydrogen-bond donors (Lipinski definition) is 0. The van der Waals surface area contributed by atoms with E-state index in [4.69, 9.17) is 37.9 Å². The molecule has 0 N–H and O–H groups in total. The van der Waals surface area contributed by atoms with Crippen molar-refractivity contribution in [2.75, 3.05) is 80.9 Å². The number of nitrogens with zero attached hydrogens (tertiary/aromatic N) is 2. The van der Waals surface area contributed by atoms with E-state index in [0.717, 1.165) is 51.4 Å². The fraction of sp³-hybridized carbons (Fsp3) is 0.875. The normalized spacial score (nSPS) is 12.1. The zero-order valence-corrected chi connectivity index (χ0v) is 52.8. The maximum atomic E-state index is 12.8. The van der Waals surface area contributed by atoms with Crippen LogP contribution in [0, 0.1) is 11.8 Å². The van der Waals surface area contributed by atoms with Gasteiger partial charge in [0, 0.05) is 51.4 Å². The van der Waals surface area contributed by atoms with Crippen LogP contribution < -0.4 is 0 Å². The van der Waals surface area contributed by atoms with Crippen LogP contribution in [0.3, 0.4) is 0 Å². The summed E-state index contributed by atoms with van der Waals surface area (Å²) >= 11 is 0. The summed E-state index contributed by atoms with van der Waals surface area (Å²) in [7, 11) is 7.56. The Labute approximate surface area is 495 Å². The molecule has 0 aliphatic rings. The lowest BCUT2D eigenvalue weighted by Crippen LogP contribution is -2.31.